The largest absolute Gasteiger partial charge is 0.463 e. The van der Waals surface area contributed by atoms with E-state index in [-0.39, 0.29) is 18.2 Å². The third kappa shape index (κ3) is 3.96. The number of aliphatic hydroxyl groups is 1. The van der Waals surface area contributed by atoms with Crippen molar-refractivity contribution >= 4 is 38.6 Å². The molecule has 2 fully saturated rings. The fourth-order valence-corrected chi connectivity index (χ4v) is 7.04. The predicted octanol–water partition coefficient (Wildman–Crippen LogP) is 6.67. The van der Waals surface area contributed by atoms with E-state index >= 15 is 0 Å². The van der Waals surface area contributed by atoms with Crippen molar-refractivity contribution in [3.8, 4) is 11.1 Å². The van der Waals surface area contributed by atoms with E-state index in [2.05, 4.69) is 30.3 Å². The smallest absolute Gasteiger partial charge is 0.340 e. The molecule has 1 N–H and O–H groups in total. The molecule has 1 amide bonds. The number of nitrogens with zero attached hydrogens (tertiary/aromatic N) is 1. The number of carbonyl (C=O) groups excluding carboxylic acids is 1. The number of amides is 1. The van der Waals surface area contributed by atoms with Crippen molar-refractivity contribution in [2.24, 2.45) is 5.92 Å². The molecule has 3 heterocycles. The van der Waals surface area contributed by atoms with E-state index in [0.29, 0.717) is 36.2 Å². The Hall–Kier alpha value is -3.90. The third-order valence-corrected chi connectivity index (χ3v) is 9.51. The first-order valence-corrected chi connectivity index (χ1v) is 14.3. The van der Waals surface area contributed by atoms with Crippen LogP contribution in [-0.4, -0.2) is 34.6 Å². The van der Waals surface area contributed by atoms with Crippen molar-refractivity contribution in [3.63, 3.8) is 0 Å². The molecule has 204 valence electrons. The SMILES string of the molecule is Cc1c(CC(=O)N2CC[C@@]3(O)CCCC[C@H]3C2)c(=O)oc2c(C)c3occ(-c4ccc5ccccc5c4)c3cc12. The van der Waals surface area contributed by atoms with Gasteiger partial charge in [-0.2, -0.15) is 0 Å². The van der Waals surface area contributed by atoms with E-state index in [9.17, 15) is 14.7 Å². The molecule has 5 aromatic rings. The van der Waals surface area contributed by atoms with Crippen molar-refractivity contribution in [3.05, 3.63) is 81.9 Å². The summed E-state index contributed by atoms with van der Waals surface area (Å²) in [6.07, 6.45) is 6.25. The van der Waals surface area contributed by atoms with Gasteiger partial charge in [0.25, 0.3) is 0 Å². The Balaban J connectivity index is 1.26. The predicted molar refractivity (Wildman–Crippen MR) is 156 cm³/mol. The van der Waals surface area contributed by atoms with Crippen molar-refractivity contribution in [1.29, 1.82) is 0 Å². The molecular formula is C34H33NO5. The van der Waals surface area contributed by atoms with Gasteiger partial charge in [-0.05, 0) is 67.1 Å². The molecule has 2 atom stereocenters. The summed E-state index contributed by atoms with van der Waals surface area (Å²) in [5, 5.41) is 15.1. The third-order valence-electron chi connectivity index (χ3n) is 9.51. The van der Waals surface area contributed by atoms with Crippen LogP contribution in [0.2, 0.25) is 0 Å². The fourth-order valence-electron chi connectivity index (χ4n) is 7.04. The quantitative estimate of drug-likeness (QED) is 0.261. The van der Waals surface area contributed by atoms with Crippen molar-refractivity contribution < 1.29 is 18.7 Å². The van der Waals surface area contributed by atoms with Crippen molar-refractivity contribution in [2.75, 3.05) is 13.1 Å². The van der Waals surface area contributed by atoms with Gasteiger partial charge in [-0.25, -0.2) is 4.79 Å². The highest BCUT2D eigenvalue weighted by molar-refractivity contribution is 6.06. The minimum atomic E-state index is -0.650. The first kappa shape index (κ1) is 25.1. The van der Waals surface area contributed by atoms with Crippen LogP contribution in [0.3, 0.4) is 0 Å². The number of furan rings is 1. The van der Waals surface area contributed by atoms with Crippen LogP contribution in [0, 0.1) is 19.8 Å². The highest BCUT2D eigenvalue weighted by Gasteiger charge is 2.43. The number of carbonyl (C=O) groups is 1. The lowest BCUT2D eigenvalue weighted by Crippen LogP contribution is -2.55. The average Bonchev–Trinajstić information content (AvgIpc) is 3.39. The lowest BCUT2D eigenvalue weighted by atomic mass is 9.71. The number of hydrogen-bond acceptors (Lipinski definition) is 5. The monoisotopic (exact) mass is 535 g/mol. The first-order valence-electron chi connectivity index (χ1n) is 14.3. The van der Waals surface area contributed by atoms with Crippen molar-refractivity contribution in [2.45, 2.75) is 58.0 Å². The van der Waals surface area contributed by atoms with Crippen LogP contribution in [0.25, 0.3) is 43.8 Å². The average molecular weight is 536 g/mol. The Kier molecular flexibility index (Phi) is 5.86. The van der Waals surface area contributed by atoms with Crippen LogP contribution < -0.4 is 5.63 Å². The topological polar surface area (TPSA) is 83.9 Å². The highest BCUT2D eigenvalue weighted by atomic mass is 16.4. The summed E-state index contributed by atoms with van der Waals surface area (Å²) in [6, 6.07) is 16.7. The Morgan fingerprint density at radius 3 is 2.67 bits per heavy atom. The Morgan fingerprint density at radius 1 is 1.00 bits per heavy atom. The van der Waals surface area contributed by atoms with E-state index in [1.807, 2.05) is 36.9 Å². The molecule has 0 bridgehead atoms. The van der Waals surface area contributed by atoms with E-state index in [0.717, 1.165) is 64.1 Å². The lowest BCUT2D eigenvalue weighted by molar-refractivity contribution is -0.142. The first-order chi connectivity index (χ1) is 19.3. The summed E-state index contributed by atoms with van der Waals surface area (Å²) in [7, 11) is 0. The van der Waals surface area contributed by atoms with Gasteiger partial charge in [0.2, 0.25) is 5.91 Å². The summed E-state index contributed by atoms with van der Waals surface area (Å²) in [5.41, 5.74) is 4.02. The van der Waals surface area contributed by atoms with Gasteiger partial charge in [-0.3, -0.25) is 4.79 Å². The van der Waals surface area contributed by atoms with Crippen LogP contribution in [0.5, 0.6) is 0 Å². The molecule has 7 rings (SSSR count). The van der Waals surface area contributed by atoms with Gasteiger partial charge in [0, 0.05) is 40.9 Å². The molecule has 40 heavy (non-hydrogen) atoms. The van der Waals surface area contributed by atoms with Crippen LogP contribution in [0.1, 0.15) is 48.8 Å². The van der Waals surface area contributed by atoms with Gasteiger partial charge in [-0.15, -0.1) is 0 Å². The maximum atomic E-state index is 13.4. The summed E-state index contributed by atoms with van der Waals surface area (Å²) in [5.74, 6) is 0.0268. The molecule has 1 saturated carbocycles. The number of hydrogen-bond donors (Lipinski definition) is 1. The standard InChI is InChI=1S/C34H33NO5/c1-20-26-16-28-29(24-11-10-22-7-3-4-8-23(22)15-24)19-39-31(28)21(2)32(26)40-33(37)27(20)17-30(36)35-14-13-34(38)12-6-5-9-25(34)18-35/h3-4,7-8,10-11,15-16,19,25,38H,5-6,9,12-14,17-18H2,1-2H3/t25-,34-/m0/s1. The summed E-state index contributed by atoms with van der Waals surface area (Å²) in [6.45, 7) is 4.88. The maximum absolute atomic E-state index is 13.4. The van der Waals surface area contributed by atoms with Crippen LogP contribution in [-0.2, 0) is 11.2 Å². The Bertz CT molecular complexity index is 1860. The lowest BCUT2D eigenvalue weighted by Gasteiger charge is -2.47. The molecule has 0 radical (unpaired) electrons. The zero-order valence-electron chi connectivity index (χ0n) is 23.0. The molecule has 1 saturated heterocycles. The van der Waals surface area contributed by atoms with Gasteiger partial charge < -0.3 is 18.8 Å². The number of aryl methyl sites for hydroxylation is 2. The van der Waals surface area contributed by atoms with Crippen LogP contribution in [0.15, 0.2) is 68.4 Å². The molecule has 2 aliphatic rings. The molecule has 1 aliphatic heterocycles. The van der Waals surface area contributed by atoms with E-state index in [4.69, 9.17) is 8.83 Å². The van der Waals surface area contributed by atoms with E-state index in [1.54, 1.807) is 6.26 Å². The van der Waals surface area contributed by atoms with Gasteiger partial charge in [-0.1, -0.05) is 49.2 Å². The molecule has 6 nitrogen and oxygen atoms in total. The number of rotatable bonds is 3. The number of piperidine rings is 1. The normalized spacial score (nSPS) is 21.3. The van der Waals surface area contributed by atoms with E-state index < -0.39 is 11.2 Å². The minimum Gasteiger partial charge on any atom is -0.463 e. The van der Waals surface area contributed by atoms with Crippen LogP contribution in [0.4, 0.5) is 0 Å². The highest BCUT2D eigenvalue weighted by Crippen LogP contribution is 2.41. The molecular weight excluding hydrogens is 502 g/mol. The number of likely N-dealkylation sites (tertiary alicyclic amines) is 1. The molecule has 1 aliphatic carbocycles. The molecule has 6 heteroatoms. The molecule has 0 spiro atoms. The van der Waals surface area contributed by atoms with E-state index in [1.165, 1.54) is 5.39 Å². The Morgan fingerprint density at radius 2 is 1.82 bits per heavy atom. The van der Waals surface area contributed by atoms with Gasteiger partial charge >= 0.3 is 5.63 Å². The molecule has 3 aromatic carbocycles. The van der Waals surface area contributed by atoms with Crippen molar-refractivity contribution in [1.82, 2.24) is 4.90 Å². The molecule has 0 unspecified atom stereocenters. The summed E-state index contributed by atoms with van der Waals surface area (Å²) < 4.78 is 11.9. The Labute approximate surface area is 232 Å². The summed E-state index contributed by atoms with van der Waals surface area (Å²) in [4.78, 5) is 28.4. The van der Waals surface area contributed by atoms with Gasteiger partial charge in [0.05, 0.1) is 23.8 Å². The number of fused-ring (bicyclic) bond motifs is 4. The zero-order valence-corrected chi connectivity index (χ0v) is 23.0. The second-order valence-corrected chi connectivity index (χ2v) is 11.8. The maximum Gasteiger partial charge on any atom is 0.340 e. The minimum absolute atomic E-state index is 0.00470. The van der Waals surface area contributed by atoms with Crippen LogP contribution >= 0.6 is 0 Å². The molecule has 2 aromatic heterocycles. The second-order valence-electron chi connectivity index (χ2n) is 11.8. The summed E-state index contributed by atoms with van der Waals surface area (Å²) >= 11 is 0. The van der Waals surface area contributed by atoms with Gasteiger partial charge in [0.15, 0.2) is 0 Å². The number of benzene rings is 3. The second kappa shape index (κ2) is 9.34. The fraction of sp³-hybridized carbons (Fsp3) is 0.353. The zero-order chi connectivity index (χ0) is 27.6. The van der Waals surface area contributed by atoms with Gasteiger partial charge in [0.1, 0.15) is 11.2 Å².